The quantitative estimate of drug-likeness (QED) is 0.723. The molecule has 6 heteroatoms. The van der Waals surface area contributed by atoms with Crippen LogP contribution in [0.25, 0.3) is 0 Å². The average Bonchev–Trinajstić information content (AvgIpc) is 2.82. The van der Waals surface area contributed by atoms with E-state index in [1.807, 2.05) is 6.92 Å². The van der Waals surface area contributed by atoms with Crippen LogP contribution in [0.3, 0.4) is 0 Å². The number of ether oxygens (including phenoxy) is 2. The maximum absolute atomic E-state index is 12.0. The molecule has 3 atom stereocenters. The molecule has 0 saturated heterocycles. The van der Waals surface area contributed by atoms with Crippen LogP contribution in [0.4, 0.5) is 0 Å². The number of esters is 2. The molecule has 2 aliphatic rings. The molecule has 1 aliphatic heterocycles. The van der Waals surface area contributed by atoms with Crippen LogP contribution in [0.5, 0.6) is 0 Å². The van der Waals surface area contributed by atoms with Gasteiger partial charge in [0, 0.05) is 6.42 Å². The van der Waals surface area contributed by atoms with Crippen LogP contribution in [0.1, 0.15) is 27.2 Å². The third kappa shape index (κ3) is 1.74. The van der Waals surface area contributed by atoms with Gasteiger partial charge in [0.15, 0.2) is 5.54 Å². The van der Waals surface area contributed by atoms with E-state index in [1.54, 1.807) is 13.8 Å². The zero-order chi connectivity index (χ0) is 13.6. The fraction of sp³-hybridized carbons (Fsp3) is 0.750. The van der Waals surface area contributed by atoms with Gasteiger partial charge in [-0.3, -0.25) is 9.79 Å². The Morgan fingerprint density at radius 1 is 1.56 bits per heavy atom. The number of thioether (sulfide) groups is 1. The van der Waals surface area contributed by atoms with Gasteiger partial charge < -0.3 is 9.47 Å². The van der Waals surface area contributed by atoms with Crippen LogP contribution in [0.15, 0.2) is 4.99 Å². The number of aliphatic imine (C=N–C) groups is 1. The topological polar surface area (TPSA) is 65.0 Å². The Labute approximate surface area is 110 Å². The molecule has 100 valence electrons. The lowest BCUT2D eigenvalue weighted by Crippen LogP contribution is -2.28. The largest absolute Gasteiger partial charge is 0.468 e. The summed E-state index contributed by atoms with van der Waals surface area (Å²) in [4.78, 5) is 27.9. The first-order valence-electron chi connectivity index (χ1n) is 5.94. The van der Waals surface area contributed by atoms with Gasteiger partial charge in [0.25, 0.3) is 0 Å². The number of rotatable bonds is 4. The lowest BCUT2D eigenvalue weighted by atomic mass is 10.2. The summed E-state index contributed by atoms with van der Waals surface area (Å²) in [6.45, 7) is 5.84. The smallest absolute Gasteiger partial charge is 0.335 e. The van der Waals surface area contributed by atoms with Crippen molar-refractivity contribution in [2.45, 2.75) is 37.5 Å². The molecule has 0 aromatic carbocycles. The average molecular weight is 271 g/mol. The van der Waals surface area contributed by atoms with Crippen molar-refractivity contribution in [3.8, 4) is 0 Å². The minimum absolute atomic E-state index is 0.253. The lowest BCUT2D eigenvalue weighted by molar-refractivity contribution is -0.146. The first kappa shape index (κ1) is 13.4. The normalized spacial score (nSPS) is 34.3. The highest BCUT2D eigenvalue weighted by Crippen LogP contribution is 2.65. The van der Waals surface area contributed by atoms with Crippen molar-refractivity contribution in [1.82, 2.24) is 0 Å². The van der Waals surface area contributed by atoms with Crippen LogP contribution in [0, 0.1) is 5.92 Å². The molecule has 1 fully saturated rings. The van der Waals surface area contributed by atoms with Crippen LogP contribution >= 0.6 is 11.8 Å². The second kappa shape index (κ2) is 4.26. The van der Waals surface area contributed by atoms with Crippen molar-refractivity contribution in [1.29, 1.82) is 0 Å². The number of methoxy groups -OCH3 is 1. The first-order chi connectivity index (χ1) is 8.40. The maximum Gasteiger partial charge on any atom is 0.335 e. The summed E-state index contributed by atoms with van der Waals surface area (Å²) in [5, 5.41) is 0.670. The van der Waals surface area contributed by atoms with Crippen LogP contribution in [-0.2, 0) is 19.1 Å². The van der Waals surface area contributed by atoms with Gasteiger partial charge in [0.05, 0.1) is 23.5 Å². The molecular formula is C12H17NO4S. The van der Waals surface area contributed by atoms with Gasteiger partial charge in [-0.1, -0.05) is 0 Å². The van der Waals surface area contributed by atoms with E-state index in [0.29, 0.717) is 18.1 Å². The van der Waals surface area contributed by atoms with E-state index in [9.17, 15) is 9.59 Å². The van der Waals surface area contributed by atoms with Gasteiger partial charge in [-0.05, 0) is 20.8 Å². The Hall–Kier alpha value is -1.04. The monoisotopic (exact) mass is 271 g/mol. The van der Waals surface area contributed by atoms with Gasteiger partial charge in [-0.15, -0.1) is 11.8 Å². The van der Waals surface area contributed by atoms with Crippen molar-refractivity contribution in [3.05, 3.63) is 0 Å². The molecule has 0 N–H and O–H groups in total. The van der Waals surface area contributed by atoms with Crippen LogP contribution in [0.2, 0.25) is 0 Å². The standard InChI is InChI=1S/C12H17NO4S/c1-5-17-10(15)12-6-11(12,3)18-8(13-12)7(2)9(14)16-4/h7H,5-6H2,1-4H3/t7-,11+,12+/m1/s1. The highest BCUT2D eigenvalue weighted by atomic mass is 32.2. The van der Waals surface area contributed by atoms with Crippen molar-refractivity contribution in [2.75, 3.05) is 13.7 Å². The van der Waals surface area contributed by atoms with Gasteiger partial charge >= 0.3 is 11.9 Å². The third-order valence-electron chi connectivity index (χ3n) is 3.51. The minimum atomic E-state index is -0.773. The minimum Gasteiger partial charge on any atom is -0.468 e. The number of carbonyl (C=O) groups is 2. The highest BCUT2D eigenvalue weighted by Gasteiger charge is 2.75. The maximum atomic E-state index is 12.0. The molecule has 0 bridgehead atoms. The molecular weight excluding hydrogens is 254 g/mol. The summed E-state index contributed by atoms with van der Waals surface area (Å²) in [6.07, 6.45) is 0.681. The molecule has 0 radical (unpaired) electrons. The van der Waals surface area contributed by atoms with E-state index in [4.69, 9.17) is 9.47 Å². The predicted molar refractivity (Wildman–Crippen MR) is 68.6 cm³/mol. The Kier molecular flexibility index (Phi) is 3.17. The summed E-state index contributed by atoms with van der Waals surface area (Å²) in [7, 11) is 1.35. The fourth-order valence-electron chi connectivity index (χ4n) is 2.21. The van der Waals surface area contributed by atoms with Gasteiger partial charge in [0.1, 0.15) is 5.92 Å². The van der Waals surface area contributed by atoms with Crippen molar-refractivity contribution in [2.24, 2.45) is 10.9 Å². The van der Waals surface area contributed by atoms with E-state index in [1.165, 1.54) is 18.9 Å². The van der Waals surface area contributed by atoms with Crippen molar-refractivity contribution >= 4 is 28.7 Å². The Morgan fingerprint density at radius 3 is 2.78 bits per heavy atom. The zero-order valence-corrected chi connectivity index (χ0v) is 11.8. The lowest BCUT2D eigenvalue weighted by Gasteiger charge is -2.10. The summed E-state index contributed by atoms with van der Waals surface area (Å²) < 4.78 is 9.52. The summed E-state index contributed by atoms with van der Waals surface area (Å²) in [6, 6.07) is 0. The molecule has 1 saturated carbocycles. The summed E-state index contributed by atoms with van der Waals surface area (Å²) in [5.74, 6) is -1.03. The number of nitrogens with zero attached hydrogens (tertiary/aromatic N) is 1. The van der Waals surface area contributed by atoms with Crippen molar-refractivity contribution < 1.29 is 19.1 Å². The SMILES string of the molecule is CCOC(=O)[C@@]12C[C@]1(C)SC([C@@H](C)C(=O)OC)=N2. The van der Waals surface area contributed by atoms with Gasteiger partial charge in [-0.2, -0.15) is 0 Å². The van der Waals surface area contributed by atoms with Crippen molar-refractivity contribution in [3.63, 3.8) is 0 Å². The molecule has 5 nitrogen and oxygen atoms in total. The Balaban J connectivity index is 2.19. The molecule has 1 heterocycles. The fourth-order valence-corrected chi connectivity index (χ4v) is 3.73. The Morgan fingerprint density at radius 2 is 2.22 bits per heavy atom. The second-order valence-corrected chi connectivity index (χ2v) is 6.31. The summed E-state index contributed by atoms with van der Waals surface area (Å²) in [5.41, 5.74) is -0.773. The van der Waals surface area contributed by atoms with E-state index in [2.05, 4.69) is 4.99 Å². The number of hydrogen-bond donors (Lipinski definition) is 0. The van der Waals surface area contributed by atoms with E-state index in [0.717, 1.165) is 0 Å². The molecule has 1 aliphatic carbocycles. The van der Waals surface area contributed by atoms with E-state index >= 15 is 0 Å². The zero-order valence-electron chi connectivity index (χ0n) is 11.0. The van der Waals surface area contributed by atoms with Crippen LogP contribution in [-0.4, -0.2) is 41.0 Å². The third-order valence-corrected chi connectivity index (χ3v) is 5.10. The molecule has 0 aromatic heterocycles. The molecule has 18 heavy (non-hydrogen) atoms. The molecule has 0 spiro atoms. The van der Waals surface area contributed by atoms with E-state index < -0.39 is 11.5 Å². The molecule has 0 unspecified atom stereocenters. The number of carbonyl (C=O) groups excluding carboxylic acids is 2. The molecule has 0 aromatic rings. The first-order valence-corrected chi connectivity index (χ1v) is 6.75. The van der Waals surface area contributed by atoms with Crippen LogP contribution < -0.4 is 0 Å². The van der Waals surface area contributed by atoms with Gasteiger partial charge in [0.2, 0.25) is 0 Å². The summed E-state index contributed by atoms with van der Waals surface area (Å²) >= 11 is 1.50. The Bertz CT molecular complexity index is 436. The number of hydrogen-bond acceptors (Lipinski definition) is 6. The molecule has 2 rings (SSSR count). The number of fused-ring (bicyclic) bond motifs is 1. The van der Waals surface area contributed by atoms with Gasteiger partial charge in [-0.25, -0.2) is 4.79 Å². The predicted octanol–water partition coefficient (Wildman–Crippen LogP) is 1.41. The second-order valence-electron chi connectivity index (χ2n) is 4.79. The highest BCUT2D eigenvalue weighted by molar-refractivity contribution is 8.15. The van der Waals surface area contributed by atoms with E-state index in [-0.39, 0.29) is 16.7 Å². The molecule has 0 amide bonds.